The molecule has 1 aliphatic carbocycles. The lowest BCUT2D eigenvalue weighted by molar-refractivity contribution is 0.0139. The fourth-order valence-corrected chi connectivity index (χ4v) is 2.36. The van der Waals surface area contributed by atoms with E-state index in [0.717, 1.165) is 6.61 Å². The van der Waals surface area contributed by atoms with Crippen LogP contribution in [0.3, 0.4) is 0 Å². The molecule has 0 saturated heterocycles. The van der Waals surface area contributed by atoms with Gasteiger partial charge in [0.05, 0.1) is 6.10 Å². The summed E-state index contributed by atoms with van der Waals surface area (Å²) in [5, 5.41) is 3.42. The van der Waals surface area contributed by atoms with Gasteiger partial charge in [0.25, 0.3) is 0 Å². The zero-order valence-electron chi connectivity index (χ0n) is 10.4. The van der Waals surface area contributed by atoms with Crippen LogP contribution in [-0.2, 0) is 4.74 Å². The standard InChI is InChI=1S/C13H27NO/c1-3-4-11-15-13-10-8-6-5-7-9-12(13)14-2/h12-14H,3-11H2,1-2H3. The second kappa shape index (κ2) is 8.12. The van der Waals surface area contributed by atoms with Crippen molar-refractivity contribution in [2.24, 2.45) is 0 Å². The second-order valence-corrected chi connectivity index (χ2v) is 4.65. The van der Waals surface area contributed by atoms with Crippen molar-refractivity contribution in [1.29, 1.82) is 0 Å². The molecule has 90 valence electrons. The minimum absolute atomic E-state index is 0.460. The summed E-state index contributed by atoms with van der Waals surface area (Å²) < 4.78 is 6.00. The van der Waals surface area contributed by atoms with Crippen molar-refractivity contribution in [3.63, 3.8) is 0 Å². The van der Waals surface area contributed by atoms with Crippen LogP contribution < -0.4 is 5.32 Å². The lowest BCUT2D eigenvalue weighted by Gasteiger charge is -2.29. The highest BCUT2D eigenvalue weighted by Crippen LogP contribution is 2.20. The molecule has 0 heterocycles. The van der Waals surface area contributed by atoms with E-state index in [1.807, 2.05) is 0 Å². The van der Waals surface area contributed by atoms with Crippen LogP contribution in [0, 0.1) is 0 Å². The highest BCUT2D eigenvalue weighted by molar-refractivity contribution is 4.78. The van der Waals surface area contributed by atoms with E-state index in [1.165, 1.54) is 51.4 Å². The Morgan fingerprint density at radius 3 is 2.53 bits per heavy atom. The van der Waals surface area contributed by atoms with E-state index >= 15 is 0 Å². The highest BCUT2D eigenvalue weighted by Gasteiger charge is 2.21. The monoisotopic (exact) mass is 213 g/mol. The minimum Gasteiger partial charge on any atom is -0.377 e. The van der Waals surface area contributed by atoms with E-state index in [4.69, 9.17) is 4.74 Å². The summed E-state index contributed by atoms with van der Waals surface area (Å²) in [6.07, 6.45) is 10.9. The maximum atomic E-state index is 6.00. The third-order valence-corrected chi connectivity index (χ3v) is 3.40. The third-order valence-electron chi connectivity index (χ3n) is 3.40. The first-order chi connectivity index (χ1) is 7.38. The molecular formula is C13H27NO. The van der Waals surface area contributed by atoms with Gasteiger partial charge in [0.15, 0.2) is 0 Å². The van der Waals surface area contributed by atoms with Crippen LogP contribution in [0.2, 0.25) is 0 Å². The smallest absolute Gasteiger partial charge is 0.0727 e. The van der Waals surface area contributed by atoms with Gasteiger partial charge in [-0.15, -0.1) is 0 Å². The minimum atomic E-state index is 0.460. The van der Waals surface area contributed by atoms with Crippen molar-refractivity contribution in [3.8, 4) is 0 Å². The Kier molecular flexibility index (Phi) is 7.03. The molecule has 1 rings (SSSR count). The van der Waals surface area contributed by atoms with Crippen molar-refractivity contribution in [2.75, 3.05) is 13.7 Å². The first-order valence-electron chi connectivity index (χ1n) is 6.67. The van der Waals surface area contributed by atoms with Gasteiger partial charge in [-0.3, -0.25) is 0 Å². The molecule has 1 aliphatic rings. The SMILES string of the molecule is CCCCOC1CCCCCCC1NC. The van der Waals surface area contributed by atoms with Crippen LogP contribution in [0.25, 0.3) is 0 Å². The molecule has 0 aromatic carbocycles. The lowest BCUT2D eigenvalue weighted by Crippen LogP contribution is -2.40. The van der Waals surface area contributed by atoms with E-state index in [1.54, 1.807) is 0 Å². The van der Waals surface area contributed by atoms with Gasteiger partial charge in [-0.1, -0.05) is 39.0 Å². The van der Waals surface area contributed by atoms with Gasteiger partial charge in [0, 0.05) is 12.6 Å². The van der Waals surface area contributed by atoms with Gasteiger partial charge < -0.3 is 10.1 Å². The summed E-state index contributed by atoms with van der Waals surface area (Å²) in [4.78, 5) is 0. The molecule has 0 aromatic heterocycles. The van der Waals surface area contributed by atoms with Crippen molar-refractivity contribution < 1.29 is 4.74 Å². The van der Waals surface area contributed by atoms with E-state index < -0.39 is 0 Å². The maximum Gasteiger partial charge on any atom is 0.0727 e. The van der Waals surface area contributed by atoms with Crippen molar-refractivity contribution >= 4 is 0 Å². The van der Waals surface area contributed by atoms with Crippen LogP contribution in [0.1, 0.15) is 58.3 Å². The van der Waals surface area contributed by atoms with E-state index in [-0.39, 0.29) is 0 Å². The van der Waals surface area contributed by atoms with Gasteiger partial charge in [-0.25, -0.2) is 0 Å². The largest absolute Gasteiger partial charge is 0.377 e. The molecule has 2 heteroatoms. The summed E-state index contributed by atoms with van der Waals surface area (Å²) in [7, 11) is 2.07. The topological polar surface area (TPSA) is 21.3 Å². The number of rotatable bonds is 5. The van der Waals surface area contributed by atoms with Crippen molar-refractivity contribution in [1.82, 2.24) is 5.32 Å². The average molecular weight is 213 g/mol. The molecule has 2 nitrogen and oxygen atoms in total. The predicted molar refractivity (Wildman–Crippen MR) is 65.2 cm³/mol. The molecule has 0 spiro atoms. The number of hydrogen-bond donors (Lipinski definition) is 1. The Hall–Kier alpha value is -0.0800. The van der Waals surface area contributed by atoms with Gasteiger partial charge in [-0.2, -0.15) is 0 Å². The predicted octanol–water partition coefficient (Wildman–Crippen LogP) is 3.11. The van der Waals surface area contributed by atoms with Gasteiger partial charge in [0.1, 0.15) is 0 Å². The average Bonchev–Trinajstić information content (AvgIpc) is 2.22. The number of unbranched alkanes of at least 4 members (excludes halogenated alkanes) is 1. The Labute approximate surface area is 94.8 Å². The number of nitrogens with one attached hydrogen (secondary N) is 1. The lowest BCUT2D eigenvalue weighted by atomic mass is 9.94. The quantitative estimate of drug-likeness (QED) is 0.709. The third kappa shape index (κ3) is 4.98. The first-order valence-corrected chi connectivity index (χ1v) is 6.67. The van der Waals surface area contributed by atoms with E-state index in [9.17, 15) is 0 Å². The maximum absolute atomic E-state index is 6.00. The molecule has 0 radical (unpaired) electrons. The van der Waals surface area contributed by atoms with Crippen molar-refractivity contribution in [2.45, 2.75) is 70.4 Å². The fraction of sp³-hybridized carbons (Fsp3) is 1.00. The Morgan fingerprint density at radius 2 is 1.87 bits per heavy atom. The zero-order chi connectivity index (χ0) is 10.9. The Bertz CT molecular complexity index is 149. The number of ether oxygens (including phenoxy) is 1. The Morgan fingerprint density at radius 1 is 1.13 bits per heavy atom. The number of likely N-dealkylation sites (N-methyl/N-ethyl adjacent to an activating group) is 1. The van der Waals surface area contributed by atoms with Crippen LogP contribution in [0.5, 0.6) is 0 Å². The molecule has 2 unspecified atom stereocenters. The molecule has 1 fully saturated rings. The molecule has 1 saturated carbocycles. The summed E-state index contributed by atoms with van der Waals surface area (Å²) in [6, 6.07) is 0.585. The zero-order valence-corrected chi connectivity index (χ0v) is 10.4. The molecule has 2 atom stereocenters. The fourth-order valence-electron chi connectivity index (χ4n) is 2.36. The summed E-state index contributed by atoms with van der Waals surface area (Å²) >= 11 is 0. The number of hydrogen-bond acceptors (Lipinski definition) is 2. The van der Waals surface area contributed by atoms with E-state index in [0.29, 0.717) is 12.1 Å². The summed E-state index contributed by atoms with van der Waals surface area (Å²) in [5.41, 5.74) is 0. The van der Waals surface area contributed by atoms with Gasteiger partial charge >= 0.3 is 0 Å². The molecule has 0 aliphatic heterocycles. The molecule has 1 N–H and O–H groups in total. The second-order valence-electron chi connectivity index (χ2n) is 4.65. The first kappa shape index (κ1) is 13.0. The Balaban J connectivity index is 2.32. The van der Waals surface area contributed by atoms with Gasteiger partial charge in [-0.05, 0) is 26.3 Å². The van der Waals surface area contributed by atoms with Crippen LogP contribution in [-0.4, -0.2) is 25.8 Å². The summed E-state index contributed by atoms with van der Waals surface area (Å²) in [6.45, 7) is 3.16. The van der Waals surface area contributed by atoms with Crippen LogP contribution in [0.15, 0.2) is 0 Å². The summed E-state index contributed by atoms with van der Waals surface area (Å²) in [5.74, 6) is 0. The molecular weight excluding hydrogens is 186 g/mol. The van der Waals surface area contributed by atoms with Crippen molar-refractivity contribution in [3.05, 3.63) is 0 Å². The molecule has 0 aromatic rings. The molecule has 0 bridgehead atoms. The molecule has 0 amide bonds. The van der Waals surface area contributed by atoms with E-state index in [2.05, 4.69) is 19.3 Å². The highest BCUT2D eigenvalue weighted by atomic mass is 16.5. The van der Waals surface area contributed by atoms with Crippen LogP contribution >= 0.6 is 0 Å². The van der Waals surface area contributed by atoms with Gasteiger partial charge in [0.2, 0.25) is 0 Å². The molecule has 15 heavy (non-hydrogen) atoms. The normalized spacial score (nSPS) is 28.4. The van der Waals surface area contributed by atoms with Crippen LogP contribution in [0.4, 0.5) is 0 Å².